The molecule has 1 aliphatic carbocycles. The Labute approximate surface area is 83.5 Å². The molecule has 12 heavy (non-hydrogen) atoms. The fourth-order valence-corrected chi connectivity index (χ4v) is 1.87. The fourth-order valence-electron chi connectivity index (χ4n) is 1.27. The van der Waals surface area contributed by atoms with Crippen LogP contribution in [-0.4, -0.2) is 15.6 Å². The molecule has 1 aromatic rings. The number of aromatic nitrogens is 1. The Bertz CT molecular complexity index is 328. The van der Waals surface area contributed by atoms with Gasteiger partial charge in [0, 0.05) is 15.8 Å². The first-order valence-electron chi connectivity index (χ1n) is 3.79. The van der Waals surface area contributed by atoms with Gasteiger partial charge in [-0.2, -0.15) is 0 Å². The number of halogens is 1. The van der Waals surface area contributed by atoms with Gasteiger partial charge in [-0.05, 0) is 41.5 Å². The predicted octanol–water partition coefficient (Wildman–Crippen LogP) is 2.13. The van der Waals surface area contributed by atoms with Crippen molar-refractivity contribution in [2.45, 2.75) is 18.9 Å². The Morgan fingerprint density at radius 3 is 2.83 bits per heavy atom. The van der Waals surface area contributed by atoms with E-state index in [0.29, 0.717) is 11.7 Å². The van der Waals surface area contributed by atoms with Gasteiger partial charge in [-0.1, -0.05) is 0 Å². The standard InChI is InChI=1S/C8H8INO2/c9-5-3-7(8(11)12)10(4-5)6-1-2-6/h3-4,6H,1-2H2,(H,11,12). The summed E-state index contributed by atoms with van der Waals surface area (Å²) < 4.78 is 2.86. The summed E-state index contributed by atoms with van der Waals surface area (Å²) in [6, 6.07) is 2.15. The van der Waals surface area contributed by atoms with Crippen molar-refractivity contribution in [1.29, 1.82) is 0 Å². The van der Waals surface area contributed by atoms with Crippen molar-refractivity contribution in [2.24, 2.45) is 0 Å². The molecule has 1 saturated carbocycles. The van der Waals surface area contributed by atoms with Crippen LogP contribution in [0.25, 0.3) is 0 Å². The molecule has 0 bridgehead atoms. The monoisotopic (exact) mass is 277 g/mol. The molecule has 0 unspecified atom stereocenters. The second-order valence-corrected chi connectivity index (χ2v) is 4.23. The average molecular weight is 277 g/mol. The molecule has 0 aliphatic heterocycles. The number of carboxylic acids is 1. The largest absolute Gasteiger partial charge is 0.477 e. The van der Waals surface area contributed by atoms with Gasteiger partial charge in [-0.25, -0.2) is 4.79 Å². The molecular formula is C8H8INO2. The van der Waals surface area contributed by atoms with E-state index in [9.17, 15) is 4.79 Å². The molecule has 1 N–H and O–H groups in total. The first-order chi connectivity index (χ1) is 5.68. The molecule has 0 amide bonds. The van der Waals surface area contributed by atoms with Crippen molar-refractivity contribution in [1.82, 2.24) is 4.57 Å². The van der Waals surface area contributed by atoms with E-state index in [1.165, 1.54) is 0 Å². The summed E-state index contributed by atoms with van der Waals surface area (Å²) in [5, 5.41) is 8.83. The number of aromatic carboxylic acids is 1. The minimum atomic E-state index is -0.829. The Morgan fingerprint density at radius 1 is 1.67 bits per heavy atom. The summed E-state index contributed by atoms with van der Waals surface area (Å²) in [5.41, 5.74) is 0.418. The third kappa shape index (κ3) is 1.35. The minimum absolute atomic E-state index is 0.418. The van der Waals surface area contributed by atoms with Gasteiger partial charge in [0.05, 0.1) is 0 Å². The fraction of sp³-hybridized carbons (Fsp3) is 0.375. The Kier molecular flexibility index (Phi) is 1.86. The van der Waals surface area contributed by atoms with Gasteiger partial charge in [0.15, 0.2) is 0 Å². The number of hydrogen-bond donors (Lipinski definition) is 1. The number of carbonyl (C=O) groups is 1. The molecule has 1 aliphatic rings. The highest BCUT2D eigenvalue weighted by molar-refractivity contribution is 14.1. The van der Waals surface area contributed by atoms with E-state index in [1.807, 2.05) is 10.8 Å². The molecule has 4 heteroatoms. The molecule has 64 valence electrons. The SMILES string of the molecule is O=C(O)c1cc(I)cn1C1CC1. The quantitative estimate of drug-likeness (QED) is 0.841. The number of hydrogen-bond acceptors (Lipinski definition) is 1. The summed E-state index contributed by atoms with van der Waals surface area (Å²) in [4.78, 5) is 10.7. The lowest BCUT2D eigenvalue weighted by molar-refractivity contribution is 0.0685. The maximum atomic E-state index is 10.7. The van der Waals surface area contributed by atoms with Crippen molar-refractivity contribution in [3.63, 3.8) is 0 Å². The molecular weight excluding hydrogens is 269 g/mol. The third-order valence-corrected chi connectivity index (χ3v) is 2.56. The van der Waals surface area contributed by atoms with E-state index in [2.05, 4.69) is 22.6 Å². The van der Waals surface area contributed by atoms with Gasteiger partial charge in [0.2, 0.25) is 0 Å². The van der Waals surface area contributed by atoms with Crippen molar-refractivity contribution in [3.8, 4) is 0 Å². The van der Waals surface area contributed by atoms with Crippen LogP contribution >= 0.6 is 22.6 Å². The van der Waals surface area contributed by atoms with Crippen molar-refractivity contribution < 1.29 is 9.90 Å². The zero-order valence-corrected chi connectivity index (χ0v) is 8.48. The second-order valence-electron chi connectivity index (χ2n) is 2.99. The lowest BCUT2D eigenvalue weighted by Gasteiger charge is -2.01. The topological polar surface area (TPSA) is 42.2 Å². The molecule has 1 aromatic heterocycles. The Morgan fingerprint density at radius 2 is 2.33 bits per heavy atom. The summed E-state index contributed by atoms with van der Waals surface area (Å²) in [6.07, 6.45) is 4.14. The van der Waals surface area contributed by atoms with Crippen molar-refractivity contribution in [3.05, 3.63) is 21.5 Å². The van der Waals surface area contributed by atoms with Gasteiger partial charge in [-0.3, -0.25) is 0 Å². The molecule has 0 spiro atoms. The van der Waals surface area contributed by atoms with E-state index in [1.54, 1.807) is 6.07 Å². The predicted molar refractivity (Wildman–Crippen MR) is 52.4 cm³/mol. The normalized spacial score (nSPS) is 16.4. The van der Waals surface area contributed by atoms with E-state index in [4.69, 9.17) is 5.11 Å². The zero-order valence-electron chi connectivity index (χ0n) is 6.33. The van der Waals surface area contributed by atoms with Crippen LogP contribution in [0, 0.1) is 3.57 Å². The van der Waals surface area contributed by atoms with Crippen LogP contribution < -0.4 is 0 Å². The van der Waals surface area contributed by atoms with E-state index in [0.717, 1.165) is 16.4 Å². The van der Waals surface area contributed by atoms with Crippen LogP contribution in [0.4, 0.5) is 0 Å². The van der Waals surface area contributed by atoms with Gasteiger partial charge < -0.3 is 9.67 Å². The third-order valence-electron chi connectivity index (χ3n) is 1.97. The Hall–Kier alpha value is -0.520. The van der Waals surface area contributed by atoms with Gasteiger partial charge in [-0.15, -0.1) is 0 Å². The highest BCUT2D eigenvalue weighted by Crippen LogP contribution is 2.36. The number of rotatable bonds is 2. The molecule has 0 saturated heterocycles. The molecule has 0 atom stereocenters. The van der Waals surface area contributed by atoms with E-state index < -0.39 is 5.97 Å². The highest BCUT2D eigenvalue weighted by Gasteiger charge is 2.27. The first-order valence-corrected chi connectivity index (χ1v) is 4.87. The smallest absolute Gasteiger partial charge is 0.352 e. The lowest BCUT2D eigenvalue weighted by Crippen LogP contribution is -2.05. The van der Waals surface area contributed by atoms with Crippen LogP contribution in [0.1, 0.15) is 29.4 Å². The highest BCUT2D eigenvalue weighted by atomic mass is 127. The van der Waals surface area contributed by atoms with Crippen molar-refractivity contribution >= 4 is 28.6 Å². The second kappa shape index (κ2) is 2.76. The van der Waals surface area contributed by atoms with Crippen molar-refractivity contribution in [2.75, 3.05) is 0 Å². The first kappa shape index (κ1) is 8.10. The van der Waals surface area contributed by atoms with Gasteiger partial charge in [0.25, 0.3) is 0 Å². The van der Waals surface area contributed by atoms with E-state index >= 15 is 0 Å². The van der Waals surface area contributed by atoms with Crippen LogP contribution in [0.15, 0.2) is 12.3 Å². The lowest BCUT2D eigenvalue weighted by atomic mass is 10.4. The maximum Gasteiger partial charge on any atom is 0.352 e. The average Bonchev–Trinajstić information content (AvgIpc) is 2.75. The molecule has 2 rings (SSSR count). The summed E-state index contributed by atoms with van der Waals surface area (Å²) in [6.45, 7) is 0. The molecule has 1 fully saturated rings. The van der Waals surface area contributed by atoms with Crippen LogP contribution in [0.2, 0.25) is 0 Å². The zero-order chi connectivity index (χ0) is 8.72. The summed E-state index contributed by atoms with van der Waals surface area (Å²) in [5.74, 6) is -0.829. The molecule has 0 aromatic carbocycles. The summed E-state index contributed by atoms with van der Waals surface area (Å²) in [7, 11) is 0. The van der Waals surface area contributed by atoms with Crippen LogP contribution in [0.5, 0.6) is 0 Å². The summed E-state index contributed by atoms with van der Waals surface area (Å²) >= 11 is 2.14. The van der Waals surface area contributed by atoms with Gasteiger partial charge in [0.1, 0.15) is 5.69 Å². The maximum absolute atomic E-state index is 10.7. The molecule has 0 radical (unpaired) electrons. The van der Waals surface area contributed by atoms with Gasteiger partial charge >= 0.3 is 5.97 Å². The Balaban J connectivity index is 2.43. The van der Waals surface area contributed by atoms with Crippen LogP contribution in [-0.2, 0) is 0 Å². The van der Waals surface area contributed by atoms with Crippen LogP contribution in [0.3, 0.4) is 0 Å². The minimum Gasteiger partial charge on any atom is -0.477 e. The number of carboxylic acid groups (broad SMARTS) is 1. The number of nitrogens with zero attached hydrogens (tertiary/aromatic N) is 1. The molecule has 3 nitrogen and oxygen atoms in total. The molecule has 1 heterocycles. The van der Waals surface area contributed by atoms with E-state index in [-0.39, 0.29) is 0 Å².